The van der Waals surface area contributed by atoms with E-state index in [9.17, 15) is 4.79 Å². The summed E-state index contributed by atoms with van der Waals surface area (Å²) in [5.74, 6) is -0.430. The van der Waals surface area contributed by atoms with Crippen LogP contribution in [0.3, 0.4) is 0 Å². The van der Waals surface area contributed by atoms with Gasteiger partial charge in [0.15, 0.2) is 6.10 Å². The molecule has 0 unspecified atom stereocenters. The number of benzene rings is 1. The van der Waals surface area contributed by atoms with Crippen molar-refractivity contribution in [2.45, 2.75) is 13.0 Å². The minimum Gasteiger partial charge on any atom is -0.452 e. The van der Waals surface area contributed by atoms with Crippen LogP contribution < -0.4 is 0 Å². The topological polar surface area (TPSA) is 50.1 Å². The maximum atomic E-state index is 10.9. The highest BCUT2D eigenvalue weighted by atomic mass is 16.5. The molecule has 0 bridgehead atoms. The molecule has 0 amide bonds. The zero-order chi connectivity index (χ0) is 11.3. The molecule has 1 aromatic carbocycles. The Balaban J connectivity index is 2.97. The second-order valence-electron chi connectivity index (χ2n) is 3.04. The lowest BCUT2D eigenvalue weighted by atomic mass is 10.0. The van der Waals surface area contributed by atoms with Crippen molar-refractivity contribution in [3.8, 4) is 6.07 Å². The first-order valence-corrected chi connectivity index (χ1v) is 4.46. The van der Waals surface area contributed by atoms with Crippen LogP contribution in [0.1, 0.15) is 18.6 Å². The smallest absolute Gasteiger partial charge is 0.303 e. The van der Waals surface area contributed by atoms with Crippen LogP contribution in [0.25, 0.3) is 0 Å². The predicted octanol–water partition coefficient (Wildman–Crippen LogP) is 2.37. The SMILES string of the molecule is C=C(C#N)[C@@H](OC(C)=O)c1ccccc1. The zero-order valence-electron chi connectivity index (χ0n) is 8.43. The molecule has 0 N–H and O–H groups in total. The molecule has 0 fully saturated rings. The molecule has 3 heteroatoms. The van der Waals surface area contributed by atoms with Crippen LogP contribution in [0.15, 0.2) is 42.5 Å². The second-order valence-corrected chi connectivity index (χ2v) is 3.04. The fourth-order valence-electron chi connectivity index (χ4n) is 1.19. The van der Waals surface area contributed by atoms with Crippen molar-refractivity contribution in [1.82, 2.24) is 0 Å². The predicted molar refractivity (Wildman–Crippen MR) is 55.7 cm³/mol. The van der Waals surface area contributed by atoms with E-state index in [0.717, 1.165) is 5.56 Å². The molecule has 0 aromatic heterocycles. The van der Waals surface area contributed by atoms with Gasteiger partial charge in [0.1, 0.15) is 0 Å². The summed E-state index contributed by atoms with van der Waals surface area (Å²) in [6.07, 6.45) is -0.673. The summed E-state index contributed by atoms with van der Waals surface area (Å²) < 4.78 is 5.03. The Morgan fingerprint density at radius 3 is 2.53 bits per heavy atom. The van der Waals surface area contributed by atoms with Crippen molar-refractivity contribution in [2.24, 2.45) is 0 Å². The largest absolute Gasteiger partial charge is 0.452 e. The van der Waals surface area contributed by atoms with Gasteiger partial charge in [-0.2, -0.15) is 5.26 Å². The zero-order valence-corrected chi connectivity index (χ0v) is 8.43. The van der Waals surface area contributed by atoms with Gasteiger partial charge in [-0.3, -0.25) is 4.79 Å². The van der Waals surface area contributed by atoms with E-state index in [1.54, 1.807) is 12.1 Å². The lowest BCUT2D eigenvalue weighted by molar-refractivity contribution is -0.144. The van der Waals surface area contributed by atoms with Gasteiger partial charge in [0, 0.05) is 6.92 Å². The lowest BCUT2D eigenvalue weighted by Crippen LogP contribution is -2.09. The van der Waals surface area contributed by atoms with E-state index in [-0.39, 0.29) is 5.57 Å². The van der Waals surface area contributed by atoms with Crippen molar-refractivity contribution < 1.29 is 9.53 Å². The van der Waals surface area contributed by atoms with Crippen LogP contribution in [0.2, 0.25) is 0 Å². The average Bonchev–Trinajstić information content (AvgIpc) is 2.26. The monoisotopic (exact) mass is 201 g/mol. The summed E-state index contributed by atoms with van der Waals surface area (Å²) in [5, 5.41) is 8.74. The minimum atomic E-state index is -0.673. The highest BCUT2D eigenvalue weighted by molar-refractivity contribution is 5.67. The van der Waals surface area contributed by atoms with Crippen molar-refractivity contribution in [3.05, 3.63) is 48.0 Å². The molecule has 0 saturated carbocycles. The molecule has 1 atom stereocenters. The first-order valence-electron chi connectivity index (χ1n) is 4.46. The molecule has 0 saturated heterocycles. The summed E-state index contributed by atoms with van der Waals surface area (Å²) >= 11 is 0. The number of nitrogens with zero attached hydrogens (tertiary/aromatic N) is 1. The number of hydrogen-bond acceptors (Lipinski definition) is 3. The van der Waals surface area contributed by atoms with E-state index < -0.39 is 12.1 Å². The Labute approximate surface area is 88.6 Å². The number of carbonyl (C=O) groups is 1. The molecule has 0 spiro atoms. The Morgan fingerprint density at radius 2 is 2.07 bits per heavy atom. The van der Waals surface area contributed by atoms with Gasteiger partial charge in [0.25, 0.3) is 0 Å². The fourth-order valence-corrected chi connectivity index (χ4v) is 1.19. The molecule has 3 nitrogen and oxygen atoms in total. The first kappa shape index (κ1) is 11.0. The summed E-state index contributed by atoms with van der Waals surface area (Å²) in [6.45, 7) is 4.87. The Bertz CT molecular complexity index is 403. The molecule has 0 aliphatic rings. The maximum absolute atomic E-state index is 10.9. The van der Waals surface area contributed by atoms with Gasteiger partial charge in [0.05, 0.1) is 11.6 Å². The quantitative estimate of drug-likeness (QED) is 0.557. The van der Waals surface area contributed by atoms with Crippen molar-refractivity contribution in [2.75, 3.05) is 0 Å². The van der Waals surface area contributed by atoms with Crippen LogP contribution in [-0.4, -0.2) is 5.97 Å². The Hall–Kier alpha value is -2.08. The van der Waals surface area contributed by atoms with Gasteiger partial charge in [-0.1, -0.05) is 36.9 Å². The van der Waals surface area contributed by atoms with Gasteiger partial charge in [-0.15, -0.1) is 0 Å². The molecule has 0 aliphatic carbocycles. The summed E-state index contributed by atoms with van der Waals surface area (Å²) in [4.78, 5) is 10.9. The van der Waals surface area contributed by atoms with Crippen LogP contribution in [0.4, 0.5) is 0 Å². The molecule has 1 rings (SSSR count). The molecular weight excluding hydrogens is 190 g/mol. The van der Waals surface area contributed by atoms with E-state index in [2.05, 4.69) is 6.58 Å². The third kappa shape index (κ3) is 2.96. The average molecular weight is 201 g/mol. The van der Waals surface area contributed by atoms with Crippen LogP contribution in [0.5, 0.6) is 0 Å². The van der Waals surface area contributed by atoms with Crippen LogP contribution in [0, 0.1) is 11.3 Å². The molecule has 76 valence electrons. The third-order valence-corrected chi connectivity index (χ3v) is 1.85. The van der Waals surface area contributed by atoms with E-state index in [0.29, 0.717) is 0 Å². The van der Waals surface area contributed by atoms with Crippen LogP contribution in [-0.2, 0) is 9.53 Å². The molecule has 15 heavy (non-hydrogen) atoms. The number of carbonyl (C=O) groups excluding carboxylic acids is 1. The normalized spacial score (nSPS) is 11.2. The lowest BCUT2D eigenvalue weighted by Gasteiger charge is -2.15. The summed E-state index contributed by atoms with van der Waals surface area (Å²) in [7, 11) is 0. The van der Waals surface area contributed by atoms with E-state index in [4.69, 9.17) is 10.00 Å². The molecule has 0 radical (unpaired) electrons. The Kier molecular flexibility index (Phi) is 3.64. The molecule has 0 aliphatic heterocycles. The second kappa shape index (κ2) is 4.97. The van der Waals surface area contributed by atoms with Gasteiger partial charge < -0.3 is 4.74 Å². The third-order valence-electron chi connectivity index (χ3n) is 1.85. The number of hydrogen-bond donors (Lipinski definition) is 0. The standard InChI is InChI=1S/C12H11NO2/c1-9(8-13)12(15-10(2)14)11-6-4-3-5-7-11/h3-7,12H,1H2,2H3/t12-/m1/s1. The van der Waals surface area contributed by atoms with Gasteiger partial charge in [-0.25, -0.2) is 0 Å². The van der Waals surface area contributed by atoms with Gasteiger partial charge in [0.2, 0.25) is 0 Å². The molecule has 0 heterocycles. The fraction of sp³-hybridized carbons (Fsp3) is 0.167. The Morgan fingerprint density at radius 1 is 1.47 bits per heavy atom. The number of ether oxygens (including phenoxy) is 1. The van der Waals surface area contributed by atoms with E-state index in [1.165, 1.54) is 6.92 Å². The minimum absolute atomic E-state index is 0.219. The van der Waals surface area contributed by atoms with E-state index >= 15 is 0 Å². The van der Waals surface area contributed by atoms with Gasteiger partial charge in [-0.05, 0) is 5.56 Å². The number of rotatable bonds is 3. The first-order chi connectivity index (χ1) is 7.15. The maximum Gasteiger partial charge on any atom is 0.303 e. The van der Waals surface area contributed by atoms with Crippen molar-refractivity contribution >= 4 is 5.97 Å². The number of esters is 1. The summed E-state index contributed by atoms with van der Waals surface area (Å²) in [5.41, 5.74) is 0.968. The highest BCUT2D eigenvalue weighted by Gasteiger charge is 2.17. The van der Waals surface area contributed by atoms with Crippen molar-refractivity contribution in [1.29, 1.82) is 5.26 Å². The van der Waals surface area contributed by atoms with Gasteiger partial charge >= 0.3 is 5.97 Å². The highest BCUT2D eigenvalue weighted by Crippen LogP contribution is 2.23. The van der Waals surface area contributed by atoms with E-state index in [1.807, 2.05) is 24.3 Å². The molecular formula is C12H11NO2. The van der Waals surface area contributed by atoms with Crippen molar-refractivity contribution in [3.63, 3.8) is 0 Å². The molecule has 1 aromatic rings. The summed E-state index contributed by atoms with van der Waals surface area (Å²) in [6, 6.07) is 11.0. The number of nitriles is 1. The van der Waals surface area contributed by atoms with Crippen LogP contribution >= 0.6 is 0 Å².